The third-order valence-electron chi connectivity index (χ3n) is 3.98. The van der Waals surface area contributed by atoms with Crippen LogP contribution >= 0.6 is 0 Å². The number of alkyl halides is 3. The molecular weight excluding hydrogens is 373 g/mol. The molecule has 0 aliphatic heterocycles. The van der Waals surface area contributed by atoms with E-state index in [2.05, 4.69) is 15.2 Å². The highest BCUT2D eigenvalue weighted by molar-refractivity contribution is 5.93. The average Bonchev–Trinajstić information content (AvgIpc) is 3.01. The molecule has 1 heterocycles. The smallest absolute Gasteiger partial charge is 0.406 e. The third-order valence-corrected chi connectivity index (χ3v) is 3.98. The standard InChI is InChI=1S/C19H17F3N4O2/c1-26-17(10-16(25-26)13-4-6-14(7-5-13)18(23)27)24-11-12-2-8-15(9-3-12)28-19(20,21)22/h2-10,24H,11H2,1H3,(H2,23,27). The summed E-state index contributed by atoms with van der Waals surface area (Å²) in [6.45, 7) is 0.395. The zero-order valence-corrected chi connectivity index (χ0v) is 14.8. The maximum atomic E-state index is 12.2. The Morgan fingerprint density at radius 3 is 2.36 bits per heavy atom. The van der Waals surface area contributed by atoms with E-state index in [0.717, 1.165) is 16.9 Å². The number of ether oxygens (including phenoxy) is 1. The number of benzene rings is 2. The van der Waals surface area contributed by atoms with Gasteiger partial charge in [-0.25, -0.2) is 0 Å². The van der Waals surface area contributed by atoms with Gasteiger partial charge in [-0.05, 0) is 29.8 Å². The van der Waals surface area contributed by atoms with Crippen LogP contribution in [-0.4, -0.2) is 22.1 Å². The number of rotatable bonds is 6. The van der Waals surface area contributed by atoms with Gasteiger partial charge >= 0.3 is 6.36 Å². The summed E-state index contributed by atoms with van der Waals surface area (Å²) in [4.78, 5) is 11.1. The summed E-state index contributed by atoms with van der Waals surface area (Å²) in [5.74, 6) is -0.0374. The van der Waals surface area contributed by atoms with Gasteiger partial charge in [-0.3, -0.25) is 9.48 Å². The molecule has 3 N–H and O–H groups in total. The van der Waals surface area contributed by atoms with Crippen LogP contribution in [0.4, 0.5) is 19.0 Å². The van der Waals surface area contributed by atoms with Gasteiger partial charge in [-0.2, -0.15) is 5.10 Å². The van der Waals surface area contributed by atoms with Gasteiger partial charge in [0, 0.05) is 30.8 Å². The van der Waals surface area contributed by atoms with Gasteiger partial charge < -0.3 is 15.8 Å². The first-order valence-corrected chi connectivity index (χ1v) is 8.24. The highest BCUT2D eigenvalue weighted by Gasteiger charge is 2.30. The molecule has 9 heteroatoms. The van der Waals surface area contributed by atoms with Gasteiger partial charge in [0.25, 0.3) is 0 Å². The molecule has 28 heavy (non-hydrogen) atoms. The van der Waals surface area contributed by atoms with Gasteiger partial charge in [0.05, 0.1) is 5.69 Å². The van der Waals surface area contributed by atoms with Crippen molar-refractivity contribution in [2.75, 3.05) is 5.32 Å². The van der Waals surface area contributed by atoms with Crippen LogP contribution in [0.1, 0.15) is 15.9 Å². The molecule has 0 aliphatic rings. The summed E-state index contributed by atoms with van der Waals surface area (Å²) in [6.07, 6.45) is -4.71. The number of carbonyl (C=O) groups is 1. The summed E-state index contributed by atoms with van der Waals surface area (Å²) < 4.78 is 42.1. The maximum Gasteiger partial charge on any atom is 0.573 e. The van der Waals surface area contributed by atoms with Crippen LogP contribution in [0.5, 0.6) is 5.75 Å². The lowest BCUT2D eigenvalue weighted by Crippen LogP contribution is -2.17. The van der Waals surface area contributed by atoms with Gasteiger partial charge in [0.1, 0.15) is 11.6 Å². The number of nitrogens with zero attached hydrogens (tertiary/aromatic N) is 2. The van der Waals surface area contributed by atoms with Gasteiger partial charge in [0.15, 0.2) is 0 Å². The number of nitrogens with one attached hydrogen (secondary N) is 1. The Labute approximate surface area is 158 Å². The normalized spacial score (nSPS) is 11.3. The molecule has 0 bridgehead atoms. The van der Waals surface area contributed by atoms with Crippen molar-refractivity contribution in [3.63, 3.8) is 0 Å². The SMILES string of the molecule is Cn1nc(-c2ccc(C(N)=O)cc2)cc1NCc1ccc(OC(F)(F)F)cc1. The first-order valence-electron chi connectivity index (χ1n) is 8.24. The number of nitrogens with two attached hydrogens (primary N) is 1. The number of hydrogen-bond donors (Lipinski definition) is 2. The highest BCUT2D eigenvalue weighted by atomic mass is 19.4. The van der Waals surface area contributed by atoms with Crippen molar-refractivity contribution in [1.82, 2.24) is 9.78 Å². The van der Waals surface area contributed by atoms with Crippen molar-refractivity contribution in [2.45, 2.75) is 12.9 Å². The Kier molecular flexibility index (Phi) is 5.25. The Bertz CT molecular complexity index is 964. The number of aromatic nitrogens is 2. The van der Waals surface area contributed by atoms with E-state index in [1.54, 1.807) is 48.1 Å². The summed E-state index contributed by atoms with van der Waals surface area (Å²) in [5.41, 5.74) is 7.95. The second kappa shape index (κ2) is 7.63. The number of anilines is 1. The van der Waals surface area contributed by atoms with E-state index < -0.39 is 12.3 Å². The van der Waals surface area contributed by atoms with E-state index >= 15 is 0 Å². The third kappa shape index (κ3) is 4.81. The second-order valence-corrected chi connectivity index (χ2v) is 6.03. The quantitative estimate of drug-likeness (QED) is 0.673. The molecule has 146 valence electrons. The van der Waals surface area contributed by atoms with Crippen LogP contribution < -0.4 is 15.8 Å². The lowest BCUT2D eigenvalue weighted by atomic mass is 10.1. The van der Waals surface area contributed by atoms with Crippen LogP contribution in [-0.2, 0) is 13.6 Å². The molecule has 0 radical (unpaired) electrons. The van der Waals surface area contributed by atoms with E-state index in [9.17, 15) is 18.0 Å². The fraction of sp³-hybridized carbons (Fsp3) is 0.158. The molecule has 6 nitrogen and oxygen atoms in total. The van der Waals surface area contributed by atoms with Crippen LogP contribution in [0.15, 0.2) is 54.6 Å². The molecule has 1 aromatic heterocycles. The van der Waals surface area contributed by atoms with Crippen LogP contribution in [0.3, 0.4) is 0 Å². The number of hydrogen-bond acceptors (Lipinski definition) is 4. The molecule has 0 spiro atoms. The molecule has 0 atom stereocenters. The predicted molar refractivity (Wildman–Crippen MR) is 97.6 cm³/mol. The van der Waals surface area contributed by atoms with E-state index in [4.69, 9.17) is 5.73 Å². The first-order chi connectivity index (χ1) is 13.2. The van der Waals surface area contributed by atoms with Gasteiger partial charge in [0.2, 0.25) is 5.91 Å². The monoisotopic (exact) mass is 390 g/mol. The molecular formula is C19H17F3N4O2. The van der Waals surface area contributed by atoms with Crippen molar-refractivity contribution in [1.29, 1.82) is 0 Å². The van der Waals surface area contributed by atoms with Gasteiger partial charge in [-0.1, -0.05) is 24.3 Å². The van der Waals surface area contributed by atoms with E-state index in [0.29, 0.717) is 17.8 Å². The topological polar surface area (TPSA) is 82.2 Å². The fourth-order valence-electron chi connectivity index (χ4n) is 2.58. The maximum absolute atomic E-state index is 12.2. The van der Waals surface area contributed by atoms with Gasteiger partial charge in [-0.15, -0.1) is 13.2 Å². The number of halogens is 3. The first kappa shape index (κ1) is 19.3. The van der Waals surface area contributed by atoms with Crippen molar-refractivity contribution < 1.29 is 22.7 Å². The summed E-state index contributed by atoms with van der Waals surface area (Å²) in [7, 11) is 1.77. The van der Waals surface area contributed by atoms with Crippen molar-refractivity contribution in [3.05, 3.63) is 65.7 Å². The molecule has 3 aromatic rings. The Hall–Kier alpha value is -3.49. The van der Waals surface area contributed by atoms with Crippen molar-refractivity contribution >= 4 is 11.7 Å². The predicted octanol–water partition coefficient (Wildman–Crippen LogP) is 3.70. The molecule has 0 unspecified atom stereocenters. The highest BCUT2D eigenvalue weighted by Crippen LogP contribution is 2.24. The van der Waals surface area contributed by atoms with Crippen molar-refractivity contribution in [2.24, 2.45) is 12.8 Å². The number of amides is 1. The average molecular weight is 390 g/mol. The summed E-state index contributed by atoms with van der Waals surface area (Å²) in [6, 6.07) is 14.2. The fourth-order valence-corrected chi connectivity index (χ4v) is 2.58. The second-order valence-electron chi connectivity index (χ2n) is 6.03. The van der Waals surface area contributed by atoms with Crippen molar-refractivity contribution in [3.8, 4) is 17.0 Å². The molecule has 1 amide bonds. The minimum absolute atomic E-state index is 0.265. The number of primary amides is 1. The van der Waals surface area contributed by atoms with E-state index in [1.165, 1.54) is 12.1 Å². The minimum Gasteiger partial charge on any atom is -0.406 e. The van der Waals surface area contributed by atoms with Crippen LogP contribution in [0, 0.1) is 0 Å². The van der Waals surface area contributed by atoms with Crippen LogP contribution in [0.25, 0.3) is 11.3 Å². The molecule has 0 saturated heterocycles. The lowest BCUT2D eigenvalue weighted by molar-refractivity contribution is -0.274. The minimum atomic E-state index is -4.71. The molecule has 0 fully saturated rings. The number of carbonyl (C=O) groups excluding carboxylic acids is 1. The lowest BCUT2D eigenvalue weighted by Gasteiger charge is -2.10. The Morgan fingerprint density at radius 2 is 1.79 bits per heavy atom. The zero-order valence-electron chi connectivity index (χ0n) is 14.8. The largest absolute Gasteiger partial charge is 0.573 e. The zero-order chi connectivity index (χ0) is 20.3. The van der Waals surface area contributed by atoms with E-state index in [-0.39, 0.29) is 5.75 Å². The van der Waals surface area contributed by atoms with Crippen LogP contribution in [0.2, 0.25) is 0 Å². The number of aryl methyl sites for hydroxylation is 1. The summed E-state index contributed by atoms with van der Waals surface area (Å²) >= 11 is 0. The Balaban J connectivity index is 1.66. The molecule has 0 aliphatic carbocycles. The Morgan fingerprint density at radius 1 is 1.14 bits per heavy atom. The molecule has 2 aromatic carbocycles. The summed E-state index contributed by atoms with van der Waals surface area (Å²) in [5, 5.41) is 7.60. The van der Waals surface area contributed by atoms with E-state index in [1.807, 2.05) is 6.07 Å². The molecule has 3 rings (SSSR count). The molecule has 0 saturated carbocycles.